The highest BCUT2D eigenvalue weighted by molar-refractivity contribution is 14.2. The van der Waals surface area contributed by atoms with E-state index < -0.39 is 1.61 Å². The Bertz CT molecular complexity index is 344. The summed E-state index contributed by atoms with van der Waals surface area (Å²) in [7, 11) is 0. The van der Waals surface area contributed by atoms with Crippen LogP contribution in [0, 0.1) is 0 Å². The molecule has 1 aromatic carbocycles. The van der Waals surface area contributed by atoms with Gasteiger partial charge in [-0.3, -0.25) is 4.79 Å². The monoisotopic (exact) mass is 418 g/mol. The third kappa shape index (κ3) is 3.26. The van der Waals surface area contributed by atoms with E-state index in [0.717, 1.165) is 0 Å². The van der Waals surface area contributed by atoms with Crippen LogP contribution in [0.2, 0.25) is 0 Å². The van der Waals surface area contributed by atoms with Crippen LogP contribution in [0.4, 0.5) is 0 Å². The molecule has 5 heteroatoms. The third-order valence-corrected chi connectivity index (χ3v) is 1.87. The number of benzene rings is 1. The second-order valence-electron chi connectivity index (χ2n) is 2.72. The van der Waals surface area contributed by atoms with Crippen molar-refractivity contribution in [2.75, 3.05) is 0 Å². The van der Waals surface area contributed by atoms with Crippen molar-refractivity contribution in [3.63, 3.8) is 0 Å². The highest BCUT2D eigenvalue weighted by Crippen LogP contribution is 2.37. The molecule has 0 unspecified atom stereocenters. The van der Waals surface area contributed by atoms with Crippen LogP contribution in [0.5, 0.6) is 11.5 Å². The Morgan fingerprint density at radius 1 is 1.50 bits per heavy atom. The highest BCUT2D eigenvalue weighted by Gasteiger charge is 2.20. The van der Waals surface area contributed by atoms with Gasteiger partial charge in [-0.05, 0) is 64.2 Å². The number of ether oxygens (including phenoxy) is 1. The smallest absolute Gasteiger partial charge is 0.206 e. The zero-order valence-corrected chi connectivity index (χ0v) is 11.6. The molecule has 0 aromatic heterocycles. The van der Waals surface area contributed by atoms with Gasteiger partial charge < -0.3 is 9.84 Å². The Kier molecular flexibility index (Phi) is 3.99. The van der Waals surface area contributed by atoms with Crippen molar-refractivity contribution in [1.29, 1.82) is 0 Å². The SMILES string of the molecule is CC(I)(I)Oc1c(O)cccc1C=O. The summed E-state index contributed by atoms with van der Waals surface area (Å²) in [6, 6.07) is 4.69. The molecule has 76 valence electrons. The van der Waals surface area contributed by atoms with Gasteiger partial charge in [-0.15, -0.1) is 0 Å². The van der Waals surface area contributed by atoms with Gasteiger partial charge in [-0.25, -0.2) is 0 Å². The molecule has 0 spiro atoms. The lowest BCUT2D eigenvalue weighted by Crippen LogP contribution is -2.15. The maximum atomic E-state index is 10.7. The average molecular weight is 418 g/mol. The molecule has 0 radical (unpaired) electrons. The summed E-state index contributed by atoms with van der Waals surface area (Å²) in [6.07, 6.45) is 0.661. The first-order valence-electron chi connectivity index (χ1n) is 3.78. The van der Waals surface area contributed by atoms with E-state index in [1.165, 1.54) is 6.07 Å². The van der Waals surface area contributed by atoms with Crippen LogP contribution >= 0.6 is 45.2 Å². The molecule has 0 atom stereocenters. The maximum Gasteiger partial charge on any atom is 0.206 e. The molecule has 0 bridgehead atoms. The molecular formula is C9H8I2O3. The number of hydrogen-bond donors (Lipinski definition) is 1. The Morgan fingerprint density at radius 3 is 2.64 bits per heavy atom. The number of hydrogen-bond acceptors (Lipinski definition) is 3. The van der Waals surface area contributed by atoms with Crippen molar-refractivity contribution in [1.82, 2.24) is 0 Å². The standard InChI is InChI=1S/C9H8I2O3/c1-9(10,11)14-8-6(5-12)3-2-4-7(8)13/h2-5,13H,1H3. The van der Waals surface area contributed by atoms with Crippen LogP contribution in [0.25, 0.3) is 0 Å². The van der Waals surface area contributed by atoms with Gasteiger partial charge in [0.25, 0.3) is 0 Å². The lowest BCUT2D eigenvalue weighted by atomic mass is 10.2. The topological polar surface area (TPSA) is 46.5 Å². The van der Waals surface area contributed by atoms with Crippen LogP contribution in [-0.4, -0.2) is 13.0 Å². The molecule has 0 heterocycles. The first kappa shape index (κ1) is 12.0. The number of halogens is 2. The van der Waals surface area contributed by atoms with E-state index in [-0.39, 0.29) is 11.5 Å². The fourth-order valence-corrected chi connectivity index (χ4v) is 1.37. The van der Waals surface area contributed by atoms with E-state index in [1.54, 1.807) is 12.1 Å². The number of phenols is 1. The van der Waals surface area contributed by atoms with Gasteiger partial charge >= 0.3 is 0 Å². The minimum Gasteiger partial charge on any atom is -0.504 e. The predicted octanol–water partition coefficient (Wildman–Crippen LogP) is 3.13. The van der Waals surface area contributed by atoms with Crippen LogP contribution in [0.15, 0.2) is 18.2 Å². The quantitative estimate of drug-likeness (QED) is 0.467. The number of alkyl halides is 2. The lowest BCUT2D eigenvalue weighted by Gasteiger charge is -2.19. The van der Waals surface area contributed by atoms with Crippen molar-refractivity contribution >= 4 is 51.5 Å². The summed E-state index contributed by atoms with van der Waals surface area (Å²) in [5, 5.41) is 9.50. The van der Waals surface area contributed by atoms with Crippen molar-refractivity contribution < 1.29 is 14.6 Å². The van der Waals surface area contributed by atoms with E-state index in [2.05, 4.69) is 45.2 Å². The first-order chi connectivity index (χ1) is 6.44. The highest BCUT2D eigenvalue weighted by atomic mass is 127. The summed E-state index contributed by atoms with van der Waals surface area (Å²) in [6.45, 7) is 1.83. The number of phenolic OH excluding ortho intramolecular Hbond substituents is 1. The van der Waals surface area contributed by atoms with Crippen LogP contribution in [0.3, 0.4) is 0 Å². The number of rotatable bonds is 3. The van der Waals surface area contributed by atoms with E-state index >= 15 is 0 Å². The van der Waals surface area contributed by atoms with Crippen molar-refractivity contribution in [2.45, 2.75) is 8.54 Å². The first-order valence-corrected chi connectivity index (χ1v) is 5.94. The van der Waals surface area contributed by atoms with Gasteiger partial charge in [0.1, 0.15) is 0 Å². The van der Waals surface area contributed by atoms with E-state index in [4.69, 9.17) is 4.74 Å². The van der Waals surface area contributed by atoms with Crippen LogP contribution in [-0.2, 0) is 0 Å². The summed E-state index contributed by atoms with van der Waals surface area (Å²) in [5.41, 5.74) is 0.351. The zero-order chi connectivity index (χ0) is 10.8. The van der Waals surface area contributed by atoms with E-state index in [0.29, 0.717) is 11.8 Å². The molecule has 0 aliphatic rings. The molecule has 14 heavy (non-hydrogen) atoms. The summed E-state index contributed by atoms with van der Waals surface area (Å²) >= 11 is 4.13. The number of para-hydroxylation sites is 1. The molecule has 1 aromatic rings. The summed E-state index contributed by atoms with van der Waals surface area (Å²) in [5.74, 6) is 0.211. The van der Waals surface area contributed by atoms with Crippen molar-refractivity contribution in [3.8, 4) is 11.5 Å². The van der Waals surface area contributed by atoms with Crippen molar-refractivity contribution in [2.24, 2.45) is 0 Å². The molecule has 3 nitrogen and oxygen atoms in total. The zero-order valence-electron chi connectivity index (χ0n) is 7.33. The largest absolute Gasteiger partial charge is 0.504 e. The van der Waals surface area contributed by atoms with Gasteiger partial charge in [0.05, 0.1) is 5.56 Å². The molecule has 0 saturated heterocycles. The van der Waals surface area contributed by atoms with Gasteiger partial charge in [0.2, 0.25) is 1.61 Å². The van der Waals surface area contributed by atoms with Crippen molar-refractivity contribution in [3.05, 3.63) is 23.8 Å². The second-order valence-corrected chi connectivity index (χ2v) is 8.90. The summed E-state index contributed by atoms with van der Waals surface area (Å²) in [4.78, 5) is 10.7. The fourth-order valence-electron chi connectivity index (χ4n) is 0.925. The molecule has 0 aliphatic carbocycles. The average Bonchev–Trinajstić information content (AvgIpc) is 2.06. The molecule has 0 aliphatic heterocycles. The Balaban J connectivity index is 3.11. The number of aldehydes is 1. The van der Waals surface area contributed by atoms with Gasteiger partial charge in [0.15, 0.2) is 17.8 Å². The molecule has 0 saturated carbocycles. The maximum absolute atomic E-state index is 10.7. The Hall–Kier alpha value is -0.0500. The normalized spacial score (nSPS) is 11.1. The minimum atomic E-state index is -0.494. The predicted molar refractivity (Wildman–Crippen MR) is 70.6 cm³/mol. The summed E-state index contributed by atoms with van der Waals surface area (Å²) < 4.78 is 4.95. The molecule has 1 rings (SSSR count). The fraction of sp³-hybridized carbons (Fsp3) is 0.222. The third-order valence-electron chi connectivity index (χ3n) is 1.43. The Morgan fingerprint density at radius 2 is 2.14 bits per heavy atom. The number of aromatic hydroxyl groups is 1. The number of carbonyl (C=O) groups is 1. The second kappa shape index (κ2) is 4.65. The molecular weight excluding hydrogens is 410 g/mol. The lowest BCUT2D eigenvalue weighted by molar-refractivity contribution is 0.111. The van der Waals surface area contributed by atoms with E-state index in [1.807, 2.05) is 6.92 Å². The molecule has 0 amide bonds. The van der Waals surface area contributed by atoms with Crippen LogP contribution in [0.1, 0.15) is 17.3 Å². The van der Waals surface area contributed by atoms with Crippen LogP contribution < -0.4 is 4.74 Å². The van der Waals surface area contributed by atoms with Gasteiger partial charge in [-0.2, -0.15) is 0 Å². The Labute approximate surface area is 109 Å². The van der Waals surface area contributed by atoms with E-state index in [9.17, 15) is 9.90 Å². The minimum absolute atomic E-state index is 0.0193. The van der Waals surface area contributed by atoms with Gasteiger partial charge in [0, 0.05) is 0 Å². The molecule has 1 N–H and O–H groups in total. The molecule has 0 fully saturated rings. The van der Waals surface area contributed by atoms with Gasteiger partial charge in [-0.1, -0.05) is 6.07 Å². The number of carbonyl (C=O) groups excluding carboxylic acids is 1.